The number of carbonyl (C=O) groups is 1. The van der Waals surface area contributed by atoms with Gasteiger partial charge in [-0.15, -0.1) is 0 Å². The maximum Gasteiger partial charge on any atom is 0.340 e. The van der Waals surface area contributed by atoms with Gasteiger partial charge in [-0.1, -0.05) is 11.6 Å². The first kappa shape index (κ1) is 11.7. The summed E-state index contributed by atoms with van der Waals surface area (Å²) in [6, 6.07) is 8.37. The molecule has 3 aromatic rings. The molecule has 1 aromatic carbocycles. The average molecular weight is 274 g/mol. The van der Waals surface area contributed by atoms with E-state index in [9.17, 15) is 9.90 Å². The molecule has 0 aliphatic heterocycles. The normalized spacial score (nSPS) is 10.8. The van der Waals surface area contributed by atoms with E-state index in [0.29, 0.717) is 21.6 Å². The van der Waals surface area contributed by atoms with Gasteiger partial charge in [-0.25, -0.2) is 4.79 Å². The van der Waals surface area contributed by atoms with Crippen molar-refractivity contribution in [3.05, 3.63) is 53.3 Å². The van der Waals surface area contributed by atoms with E-state index in [0.717, 1.165) is 0 Å². The number of furan rings is 1. The molecule has 0 radical (unpaired) electrons. The summed E-state index contributed by atoms with van der Waals surface area (Å²) in [7, 11) is 0. The van der Waals surface area contributed by atoms with Gasteiger partial charge in [0.25, 0.3) is 0 Å². The minimum Gasteiger partial charge on any atom is -0.478 e. The van der Waals surface area contributed by atoms with Gasteiger partial charge in [0, 0.05) is 28.4 Å². The number of aromatic carboxylic acids is 1. The number of aromatic nitrogens is 1. The molecule has 0 aliphatic carbocycles. The van der Waals surface area contributed by atoms with E-state index >= 15 is 0 Å². The van der Waals surface area contributed by atoms with Gasteiger partial charge in [0.15, 0.2) is 5.76 Å². The smallest absolute Gasteiger partial charge is 0.340 e. The van der Waals surface area contributed by atoms with Crippen molar-refractivity contribution in [2.24, 2.45) is 0 Å². The molecule has 0 saturated heterocycles. The van der Waals surface area contributed by atoms with Crippen molar-refractivity contribution in [1.29, 1.82) is 0 Å². The molecule has 0 fully saturated rings. The molecule has 0 spiro atoms. The van der Waals surface area contributed by atoms with Crippen LogP contribution in [0.15, 0.2) is 47.1 Å². The van der Waals surface area contributed by atoms with E-state index in [2.05, 4.69) is 4.98 Å². The SMILES string of the molecule is O=C(O)c1c(-c2cccnc2)oc2ccc(Cl)cc12. The zero-order valence-electron chi connectivity index (χ0n) is 9.63. The number of pyridine rings is 1. The Balaban J connectivity index is 2.36. The second-order valence-corrected chi connectivity index (χ2v) is 4.43. The molecule has 0 unspecified atom stereocenters. The van der Waals surface area contributed by atoms with Crippen molar-refractivity contribution in [3.8, 4) is 11.3 Å². The standard InChI is InChI=1S/C14H8ClNO3/c15-9-3-4-11-10(6-9)12(14(17)18)13(19-11)8-2-1-5-16-7-8/h1-7H,(H,17,18). The van der Waals surface area contributed by atoms with Crippen molar-refractivity contribution in [2.45, 2.75) is 0 Å². The largest absolute Gasteiger partial charge is 0.478 e. The molecular formula is C14H8ClNO3. The molecule has 0 bridgehead atoms. The first-order valence-corrected chi connectivity index (χ1v) is 5.90. The second-order valence-electron chi connectivity index (χ2n) is 3.99. The first-order chi connectivity index (χ1) is 9.16. The van der Waals surface area contributed by atoms with Crippen LogP contribution < -0.4 is 0 Å². The van der Waals surface area contributed by atoms with Crippen LogP contribution in [0.3, 0.4) is 0 Å². The summed E-state index contributed by atoms with van der Waals surface area (Å²) in [5.74, 6) is -0.766. The van der Waals surface area contributed by atoms with Gasteiger partial charge in [0.05, 0.1) is 0 Å². The minimum atomic E-state index is -1.06. The van der Waals surface area contributed by atoms with Gasteiger partial charge >= 0.3 is 5.97 Å². The summed E-state index contributed by atoms with van der Waals surface area (Å²) >= 11 is 5.90. The highest BCUT2D eigenvalue weighted by Crippen LogP contribution is 2.34. The molecule has 0 aliphatic rings. The Morgan fingerprint density at radius 2 is 2.16 bits per heavy atom. The molecule has 0 saturated carbocycles. The highest BCUT2D eigenvalue weighted by Gasteiger charge is 2.21. The third kappa shape index (κ3) is 1.96. The van der Waals surface area contributed by atoms with Crippen LogP contribution in [0.5, 0.6) is 0 Å². The summed E-state index contributed by atoms with van der Waals surface area (Å²) < 4.78 is 5.62. The van der Waals surface area contributed by atoms with Crippen LogP contribution in [0.25, 0.3) is 22.3 Å². The van der Waals surface area contributed by atoms with E-state index in [1.54, 1.807) is 42.7 Å². The monoisotopic (exact) mass is 273 g/mol. The fourth-order valence-electron chi connectivity index (χ4n) is 1.98. The van der Waals surface area contributed by atoms with Crippen LogP contribution >= 0.6 is 11.6 Å². The predicted octanol–water partition coefficient (Wildman–Crippen LogP) is 3.85. The van der Waals surface area contributed by atoms with Crippen molar-refractivity contribution >= 4 is 28.5 Å². The van der Waals surface area contributed by atoms with Crippen LogP contribution in [0.2, 0.25) is 5.02 Å². The summed E-state index contributed by atoms with van der Waals surface area (Å²) in [6.07, 6.45) is 3.18. The number of rotatable bonds is 2. The Morgan fingerprint density at radius 3 is 2.84 bits per heavy atom. The summed E-state index contributed by atoms with van der Waals surface area (Å²) in [5, 5.41) is 10.3. The van der Waals surface area contributed by atoms with Crippen LogP contribution in [0, 0.1) is 0 Å². The molecule has 1 N–H and O–H groups in total. The zero-order chi connectivity index (χ0) is 13.4. The van der Waals surface area contributed by atoms with Crippen LogP contribution in [0.4, 0.5) is 0 Å². The average Bonchev–Trinajstić information content (AvgIpc) is 2.78. The highest BCUT2D eigenvalue weighted by molar-refractivity contribution is 6.31. The van der Waals surface area contributed by atoms with Crippen molar-refractivity contribution in [3.63, 3.8) is 0 Å². The number of benzene rings is 1. The van der Waals surface area contributed by atoms with E-state index in [1.807, 2.05) is 0 Å². The molecule has 4 nitrogen and oxygen atoms in total. The Bertz CT molecular complexity index is 765. The van der Waals surface area contributed by atoms with E-state index in [-0.39, 0.29) is 11.3 Å². The summed E-state index contributed by atoms with van der Waals surface area (Å²) in [6.45, 7) is 0. The maximum absolute atomic E-state index is 11.5. The highest BCUT2D eigenvalue weighted by atomic mass is 35.5. The van der Waals surface area contributed by atoms with E-state index in [1.165, 1.54) is 0 Å². The topological polar surface area (TPSA) is 63.3 Å². The molecule has 0 atom stereocenters. The lowest BCUT2D eigenvalue weighted by Crippen LogP contribution is -1.97. The number of hydrogen-bond donors (Lipinski definition) is 1. The van der Waals surface area contributed by atoms with E-state index in [4.69, 9.17) is 16.0 Å². The Morgan fingerprint density at radius 1 is 1.32 bits per heavy atom. The van der Waals surface area contributed by atoms with Crippen molar-refractivity contribution < 1.29 is 14.3 Å². The summed E-state index contributed by atoms with van der Waals surface area (Å²) in [5.41, 5.74) is 1.21. The fraction of sp³-hybridized carbons (Fsp3) is 0. The summed E-state index contributed by atoms with van der Waals surface area (Å²) in [4.78, 5) is 15.4. The van der Waals surface area contributed by atoms with Gasteiger partial charge in [-0.3, -0.25) is 4.98 Å². The third-order valence-electron chi connectivity index (χ3n) is 2.79. The lowest BCUT2D eigenvalue weighted by Gasteiger charge is -1.97. The van der Waals surface area contributed by atoms with Crippen LogP contribution in [-0.2, 0) is 0 Å². The number of hydrogen-bond acceptors (Lipinski definition) is 3. The number of carboxylic acid groups (broad SMARTS) is 1. The molecule has 19 heavy (non-hydrogen) atoms. The Kier molecular flexibility index (Phi) is 2.72. The van der Waals surface area contributed by atoms with Gasteiger partial charge in [0.2, 0.25) is 0 Å². The van der Waals surface area contributed by atoms with Crippen molar-refractivity contribution in [2.75, 3.05) is 0 Å². The van der Waals surface area contributed by atoms with Gasteiger partial charge in [-0.2, -0.15) is 0 Å². The molecular weight excluding hydrogens is 266 g/mol. The first-order valence-electron chi connectivity index (χ1n) is 5.52. The van der Waals surface area contributed by atoms with Crippen LogP contribution in [0.1, 0.15) is 10.4 Å². The number of nitrogens with zero attached hydrogens (tertiary/aromatic N) is 1. The molecule has 2 heterocycles. The fourth-order valence-corrected chi connectivity index (χ4v) is 2.15. The lowest BCUT2D eigenvalue weighted by atomic mass is 10.1. The Hall–Kier alpha value is -2.33. The van der Waals surface area contributed by atoms with Gasteiger partial charge in [0.1, 0.15) is 11.1 Å². The maximum atomic E-state index is 11.5. The quantitative estimate of drug-likeness (QED) is 0.770. The Labute approximate surface area is 113 Å². The van der Waals surface area contributed by atoms with Crippen molar-refractivity contribution in [1.82, 2.24) is 4.98 Å². The zero-order valence-corrected chi connectivity index (χ0v) is 10.4. The number of halogens is 1. The predicted molar refractivity (Wildman–Crippen MR) is 71.4 cm³/mol. The molecule has 2 aromatic heterocycles. The van der Waals surface area contributed by atoms with Gasteiger partial charge < -0.3 is 9.52 Å². The lowest BCUT2D eigenvalue weighted by molar-refractivity contribution is 0.0699. The third-order valence-corrected chi connectivity index (χ3v) is 3.02. The molecule has 0 amide bonds. The minimum absolute atomic E-state index is 0.102. The van der Waals surface area contributed by atoms with Gasteiger partial charge in [-0.05, 0) is 30.3 Å². The number of fused-ring (bicyclic) bond motifs is 1. The van der Waals surface area contributed by atoms with E-state index < -0.39 is 5.97 Å². The molecule has 5 heteroatoms. The molecule has 94 valence electrons. The number of carboxylic acids is 1. The second kappa shape index (κ2) is 4.40. The molecule has 3 rings (SSSR count). The van der Waals surface area contributed by atoms with Crippen LogP contribution in [-0.4, -0.2) is 16.1 Å².